The van der Waals surface area contributed by atoms with Gasteiger partial charge in [-0.05, 0) is 42.0 Å². The van der Waals surface area contributed by atoms with Crippen LogP contribution in [0, 0.1) is 5.82 Å². The first-order chi connectivity index (χ1) is 13.8. The van der Waals surface area contributed by atoms with E-state index in [4.69, 9.17) is 5.11 Å². The Hall–Kier alpha value is -3.94. The number of anilines is 1. The molecule has 2 aromatic carbocycles. The van der Waals surface area contributed by atoms with Gasteiger partial charge in [0.25, 0.3) is 0 Å². The predicted octanol–water partition coefficient (Wildman–Crippen LogP) is 3.49. The first-order valence-corrected chi connectivity index (χ1v) is 8.72. The number of halogens is 1. The van der Waals surface area contributed by atoms with Crippen LogP contribution in [0.25, 0.3) is 5.69 Å². The van der Waals surface area contributed by atoms with Crippen molar-refractivity contribution in [1.29, 1.82) is 0 Å². The van der Waals surface area contributed by atoms with Crippen molar-refractivity contribution in [1.82, 2.24) is 4.57 Å². The molecular formula is C21H15FN2O5. The second kappa shape index (κ2) is 6.90. The number of rotatable bonds is 4. The molecule has 0 aliphatic carbocycles. The van der Waals surface area contributed by atoms with Crippen LogP contribution < -0.4 is 5.32 Å². The van der Waals surface area contributed by atoms with E-state index >= 15 is 0 Å². The summed E-state index contributed by atoms with van der Waals surface area (Å²) in [7, 11) is 0. The summed E-state index contributed by atoms with van der Waals surface area (Å²) in [6, 6.07) is 11.7. The minimum absolute atomic E-state index is 0.0592. The molecule has 1 atom stereocenters. The molecule has 0 bridgehead atoms. The van der Waals surface area contributed by atoms with E-state index in [1.54, 1.807) is 16.7 Å². The van der Waals surface area contributed by atoms with Gasteiger partial charge in [0.05, 0.1) is 16.9 Å². The number of hydrogen-bond donors (Lipinski definition) is 3. The van der Waals surface area contributed by atoms with Crippen LogP contribution in [0.3, 0.4) is 0 Å². The lowest BCUT2D eigenvalue weighted by atomic mass is 9.87. The average molecular weight is 394 g/mol. The second-order valence-electron chi connectivity index (χ2n) is 6.69. The van der Waals surface area contributed by atoms with Gasteiger partial charge in [-0.25, -0.2) is 14.0 Å². The fourth-order valence-corrected chi connectivity index (χ4v) is 3.58. The highest BCUT2D eigenvalue weighted by molar-refractivity contribution is 6.04. The van der Waals surface area contributed by atoms with Crippen LogP contribution in [0.15, 0.2) is 54.7 Å². The summed E-state index contributed by atoms with van der Waals surface area (Å²) in [6.45, 7) is 0. The lowest BCUT2D eigenvalue weighted by molar-refractivity contribution is -0.116. The molecule has 1 aliphatic rings. The maximum Gasteiger partial charge on any atom is 0.339 e. The summed E-state index contributed by atoms with van der Waals surface area (Å²) in [5, 5.41) is 21.3. The van der Waals surface area contributed by atoms with Gasteiger partial charge in [0.1, 0.15) is 11.4 Å². The third kappa shape index (κ3) is 3.25. The molecule has 3 N–H and O–H groups in total. The van der Waals surface area contributed by atoms with Crippen LogP contribution in [0.1, 0.15) is 44.3 Å². The molecule has 1 amide bonds. The van der Waals surface area contributed by atoms with Gasteiger partial charge >= 0.3 is 11.9 Å². The number of amides is 1. The zero-order valence-corrected chi connectivity index (χ0v) is 14.9. The number of nitrogens with zero attached hydrogens (tertiary/aromatic N) is 1. The topological polar surface area (TPSA) is 109 Å². The number of nitrogens with one attached hydrogen (secondary N) is 1. The number of carbonyl (C=O) groups excluding carboxylic acids is 1. The van der Waals surface area contributed by atoms with Crippen LogP contribution in [0.4, 0.5) is 10.1 Å². The molecule has 0 radical (unpaired) electrons. The number of benzene rings is 2. The Morgan fingerprint density at radius 3 is 2.24 bits per heavy atom. The van der Waals surface area contributed by atoms with Crippen molar-refractivity contribution >= 4 is 23.5 Å². The minimum Gasteiger partial charge on any atom is -0.478 e. The van der Waals surface area contributed by atoms with Gasteiger partial charge in [0, 0.05) is 24.2 Å². The van der Waals surface area contributed by atoms with E-state index in [1.807, 2.05) is 0 Å². The lowest BCUT2D eigenvalue weighted by Crippen LogP contribution is -2.25. The fraction of sp³-hybridized carbons (Fsp3) is 0.0952. The fourth-order valence-electron chi connectivity index (χ4n) is 3.58. The first-order valence-electron chi connectivity index (χ1n) is 8.72. The van der Waals surface area contributed by atoms with Crippen LogP contribution in [0.2, 0.25) is 0 Å². The van der Waals surface area contributed by atoms with E-state index in [-0.39, 0.29) is 29.1 Å². The van der Waals surface area contributed by atoms with Crippen molar-refractivity contribution in [2.24, 2.45) is 0 Å². The van der Waals surface area contributed by atoms with E-state index in [0.717, 1.165) is 0 Å². The SMILES string of the molecule is O=C1C[C@H](c2ccc(C(=O)O)cc2)c2c(c(C(=O)O)cn2-c2ccc(F)cc2)N1. The molecule has 1 aromatic heterocycles. The Morgan fingerprint density at radius 2 is 1.66 bits per heavy atom. The zero-order chi connectivity index (χ0) is 20.7. The molecule has 4 rings (SSSR count). The Labute approximate surface area is 164 Å². The largest absolute Gasteiger partial charge is 0.478 e. The van der Waals surface area contributed by atoms with Crippen molar-refractivity contribution < 1.29 is 29.0 Å². The monoisotopic (exact) mass is 394 g/mol. The summed E-state index contributed by atoms with van der Waals surface area (Å²) in [5.41, 5.74) is 1.96. The van der Waals surface area contributed by atoms with E-state index in [2.05, 4.69) is 5.32 Å². The first kappa shape index (κ1) is 18.4. The molecule has 7 nitrogen and oxygen atoms in total. The molecule has 0 unspecified atom stereocenters. The second-order valence-corrected chi connectivity index (χ2v) is 6.69. The highest BCUT2D eigenvalue weighted by Gasteiger charge is 2.34. The molecule has 146 valence electrons. The number of fused-ring (bicyclic) bond motifs is 1. The van der Waals surface area contributed by atoms with Gasteiger partial charge in [-0.2, -0.15) is 0 Å². The Balaban J connectivity index is 1.91. The van der Waals surface area contributed by atoms with Gasteiger partial charge in [0.15, 0.2) is 0 Å². The maximum atomic E-state index is 13.4. The third-order valence-electron chi connectivity index (χ3n) is 4.92. The molecule has 1 aliphatic heterocycles. The molecule has 0 fully saturated rings. The maximum absolute atomic E-state index is 13.4. The van der Waals surface area contributed by atoms with Crippen molar-refractivity contribution in [2.45, 2.75) is 12.3 Å². The van der Waals surface area contributed by atoms with E-state index in [9.17, 15) is 23.9 Å². The average Bonchev–Trinajstić information content (AvgIpc) is 3.07. The summed E-state index contributed by atoms with van der Waals surface area (Å²) in [6.07, 6.45) is 1.45. The van der Waals surface area contributed by atoms with Gasteiger partial charge in [-0.3, -0.25) is 4.79 Å². The van der Waals surface area contributed by atoms with Gasteiger partial charge in [0.2, 0.25) is 5.91 Å². The van der Waals surface area contributed by atoms with Crippen LogP contribution in [-0.4, -0.2) is 32.6 Å². The van der Waals surface area contributed by atoms with Crippen LogP contribution in [0.5, 0.6) is 0 Å². The normalized spacial score (nSPS) is 15.5. The molecule has 0 saturated carbocycles. The van der Waals surface area contributed by atoms with Crippen molar-refractivity contribution in [2.75, 3.05) is 5.32 Å². The van der Waals surface area contributed by atoms with Gasteiger partial charge in [-0.1, -0.05) is 12.1 Å². The highest BCUT2D eigenvalue weighted by atomic mass is 19.1. The lowest BCUT2D eigenvalue weighted by Gasteiger charge is -2.26. The van der Waals surface area contributed by atoms with Crippen molar-refractivity contribution in [3.05, 3.63) is 82.9 Å². The molecule has 0 saturated heterocycles. The quantitative estimate of drug-likeness (QED) is 0.628. The Morgan fingerprint density at radius 1 is 1.00 bits per heavy atom. The smallest absolute Gasteiger partial charge is 0.339 e. The van der Waals surface area contributed by atoms with E-state index in [0.29, 0.717) is 16.9 Å². The van der Waals surface area contributed by atoms with E-state index in [1.165, 1.54) is 42.6 Å². The predicted molar refractivity (Wildman–Crippen MR) is 101 cm³/mol. The van der Waals surface area contributed by atoms with Gasteiger partial charge < -0.3 is 20.1 Å². The summed E-state index contributed by atoms with van der Waals surface area (Å²) >= 11 is 0. The summed E-state index contributed by atoms with van der Waals surface area (Å²) < 4.78 is 15.0. The third-order valence-corrected chi connectivity index (χ3v) is 4.92. The van der Waals surface area contributed by atoms with Crippen LogP contribution in [-0.2, 0) is 4.79 Å². The number of aromatic nitrogens is 1. The minimum atomic E-state index is -1.20. The highest BCUT2D eigenvalue weighted by Crippen LogP contribution is 2.41. The number of carboxylic acid groups (broad SMARTS) is 2. The molecule has 2 heterocycles. The number of hydrogen-bond acceptors (Lipinski definition) is 3. The Kier molecular flexibility index (Phi) is 4.38. The molecular weight excluding hydrogens is 379 g/mol. The van der Waals surface area contributed by atoms with Crippen molar-refractivity contribution in [3.8, 4) is 5.69 Å². The summed E-state index contributed by atoms with van der Waals surface area (Å²) in [5.74, 6) is -3.54. The molecule has 29 heavy (non-hydrogen) atoms. The summed E-state index contributed by atoms with van der Waals surface area (Å²) in [4.78, 5) is 35.2. The molecule has 8 heteroatoms. The standard InChI is InChI=1S/C21H15FN2O5/c22-13-5-7-14(8-6-13)24-10-16(21(28)29)18-19(24)15(9-17(25)23-18)11-1-3-12(4-2-11)20(26)27/h1-8,10,15H,9H2,(H,23,25)(H,26,27)(H,28,29)/t15-/m1/s1. The van der Waals surface area contributed by atoms with E-state index < -0.39 is 23.7 Å². The number of aromatic carboxylic acids is 2. The number of carboxylic acids is 2. The molecule has 3 aromatic rings. The van der Waals surface area contributed by atoms with Crippen molar-refractivity contribution in [3.63, 3.8) is 0 Å². The Bertz CT molecular complexity index is 1130. The van der Waals surface area contributed by atoms with Gasteiger partial charge in [-0.15, -0.1) is 0 Å². The zero-order valence-electron chi connectivity index (χ0n) is 14.9. The molecule has 0 spiro atoms. The van der Waals surface area contributed by atoms with Crippen LogP contribution >= 0.6 is 0 Å². The number of carbonyl (C=O) groups is 3.